The lowest BCUT2D eigenvalue weighted by Gasteiger charge is -2.29. The van der Waals surface area contributed by atoms with Crippen molar-refractivity contribution in [3.05, 3.63) is 16.6 Å². The van der Waals surface area contributed by atoms with Crippen LogP contribution in [0.15, 0.2) is 11.6 Å². The quantitative estimate of drug-likeness (QED) is 0.877. The molecule has 1 saturated carbocycles. The lowest BCUT2D eigenvalue weighted by atomic mass is 9.97. The maximum atomic E-state index is 12.3. The summed E-state index contributed by atoms with van der Waals surface area (Å²) in [6.07, 6.45) is 5.29. The Bertz CT molecular complexity index is 406. The van der Waals surface area contributed by atoms with Gasteiger partial charge >= 0.3 is 0 Å². The van der Waals surface area contributed by atoms with E-state index in [1.807, 2.05) is 12.3 Å². The Morgan fingerprint density at radius 2 is 2.44 bits per heavy atom. The molecule has 4 nitrogen and oxygen atoms in total. The van der Waals surface area contributed by atoms with E-state index in [0.29, 0.717) is 0 Å². The summed E-state index contributed by atoms with van der Waals surface area (Å²) in [6.45, 7) is 4.11. The maximum absolute atomic E-state index is 12.3. The number of carbonyl (C=O) groups excluding carboxylic acids is 1. The average molecular weight is 267 g/mol. The molecule has 0 bridgehead atoms. The molecule has 0 radical (unpaired) electrons. The Morgan fingerprint density at radius 1 is 1.67 bits per heavy atom. The topological polar surface area (TPSA) is 68.0 Å². The van der Waals surface area contributed by atoms with Crippen LogP contribution in [0.3, 0.4) is 0 Å². The molecule has 0 aliphatic heterocycles. The largest absolute Gasteiger partial charge is 0.344 e. The number of aromatic nitrogens is 1. The number of hydrogen-bond donors (Lipinski definition) is 2. The molecule has 100 valence electrons. The Morgan fingerprint density at radius 3 is 2.94 bits per heavy atom. The Balaban J connectivity index is 2.04. The molecule has 0 spiro atoms. The maximum Gasteiger partial charge on any atom is 0.223 e. The van der Waals surface area contributed by atoms with E-state index in [9.17, 15) is 4.79 Å². The predicted octanol–water partition coefficient (Wildman–Crippen LogP) is 2.01. The minimum Gasteiger partial charge on any atom is -0.344 e. The van der Waals surface area contributed by atoms with Gasteiger partial charge in [0.2, 0.25) is 5.91 Å². The first-order chi connectivity index (χ1) is 8.55. The highest BCUT2D eigenvalue weighted by atomic mass is 32.1. The second-order valence-electron chi connectivity index (χ2n) is 5.28. The van der Waals surface area contributed by atoms with E-state index in [4.69, 9.17) is 5.73 Å². The van der Waals surface area contributed by atoms with Crippen molar-refractivity contribution in [2.75, 3.05) is 0 Å². The van der Waals surface area contributed by atoms with Crippen LogP contribution < -0.4 is 11.1 Å². The smallest absolute Gasteiger partial charge is 0.223 e. The Hall–Kier alpha value is -0.940. The Labute approximate surface area is 112 Å². The van der Waals surface area contributed by atoms with E-state index < -0.39 is 0 Å². The van der Waals surface area contributed by atoms with E-state index in [2.05, 4.69) is 17.2 Å². The fourth-order valence-corrected chi connectivity index (χ4v) is 3.25. The van der Waals surface area contributed by atoms with Gasteiger partial charge in [-0.3, -0.25) is 4.79 Å². The van der Waals surface area contributed by atoms with Crippen molar-refractivity contribution in [1.82, 2.24) is 10.3 Å². The number of thiazole rings is 1. The summed E-state index contributed by atoms with van der Waals surface area (Å²) in [5.74, 6) is 0.202. The van der Waals surface area contributed by atoms with Gasteiger partial charge in [0.05, 0.1) is 5.54 Å². The molecular weight excluding hydrogens is 246 g/mol. The zero-order valence-electron chi connectivity index (χ0n) is 11.0. The molecule has 1 aliphatic rings. The summed E-state index contributed by atoms with van der Waals surface area (Å²) in [5, 5.41) is 6.08. The summed E-state index contributed by atoms with van der Waals surface area (Å²) >= 11 is 1.59. The van der Waals surface area contributed by atoms with Crippen molar-refractivity contribution >= 4 is 17.2 Å². The summed E-state index contributed by atoms with van der Waals surface area (Å²) in [6, 6.07) is 0.188. The molecule has 1 aromatic heterocycles. The number of hydrogen-bond acceptors (Lipinski definition) is 4. The van der Waals surface area contributed by atoms with Crippen molar-refractivity contribution in [3.63, 3.8) is 0 Å². The van der Waals surface area contributed by atoms with Crippen LogP contribution in [0.2, 0.25) is 0 Å². The highest BCUT2D eigenvalue weighted by Crippen LogP contribution is 2.29. The SMILES string of the molecule is CCC(C)(NC(=O)C1CCC(N)C1)c1nccs1. The van der Waals surface area contributed by atoms with Gasteiger partial charge in [-0.25, -0.2) is 4.98 Å². The van der Waals surface area contributed by atoms with E-state index in [0.717, 1.165) is 30.7 Å². The van der Waals surface area contributed by atoms with Gasteiger partial charge in [-0.05, 0) is 32.6 Å². The monoisotopic (exact) mass is 267 g/mol. The molecule has 3 N–H and O–H groups in total. The minimum atomic E-state index is -0.349. The predicted molar refractivity (Wildman–Crippen MR) is 73.2 cm³/mol. The van der Waals surface area contributed by atoms with E-state index >= 15 is 0 Å². The fraction of sp³-hybridized carbons (Fsp3) is 0.692. The zero-order valence-corrected chi connectivity index (χ0v) is 11.8. The third-order valence-corrected chi connectivity index (χ3v) is 4.89. The first-order valence-electron chi connectivity index (χ1n) is 6.52. The highest BCUT2D eigenvalue weighted by molar-refractivity contribution is 7.09. The lowest BCUT2D eigenvalue weighted by molar-refractivity contribution is -0.126. The molecule has 0 saturated heterocycles. The van der Waals surface area contributed by atoms with Gasteiger partial charge in [-0.1, -0.05) is 6.92 Å². The first kappa shape index (κ1) is 13.5. The van der Waals surface area contributed by atoms with Crippen LogP contribution >= 0.6 is 11.3 Å². The second-order valence-corrected chi connectivity index (χ2v) is 6.18. The molecule has 1 aliphatic carbocycles. The van der Waals surface area contributed by atoms with Gasteiger partial charge in [0.1, 0.15) is 5.01 Å². The van der Waals surface area contributed by atoms with Gasteiger partial charge in [-0.2, -0.15) is 0 Å². The molecule has 3 unspecified atom stereocenters. The van der Waals surface area contributed by atoms with E-state index in [-0.39, 0.29) is 23.4 Å². The highest BCUT2D eigenvalue weighted by Gasteiger charge is 2.34. The molecule has 18 heavy (non-hydrogen) atoms. The van der Waals surface area contributed by atoms with Crippen molar-refractivity contribution < 1.29 is 4.79 Å². The van der Waals surface area contributed by atoms with Crippen LogP contribution in [-0.4, -0.2) is 16.9 Å². The molecule has 2 rings (SSSR count). The van der Waals surface area contributed by atoms with Gasteiger partial charge < -0.3 is 11.1 Å². The molecule has 1 fully saturated rings. The van der Waals surface area contributed by atoms with Crippen molar-refractivity contribution in [2.45, 2.75) is 51.1 Å². The molecule has 1 aromatic rings. The van der Waals surface area contributed by atoms with Crippen LogP contribution in [-0.2, 0) is 10.3 Å². The summed E-state index contributed by atoms with van der Waals surface area (Å²) in [7, 11) is 0. The third kappa shape index (κ3) is 2.72. The molecule has 5 heteroatoms. The van der Waals surface area contributed by atoms with Crippen LogP contribution in [0.25, 0.3) is 0 Å². The van der Waals surface area contributed by atoms with E-state index in [1.54, 1.807) is 17.5 Å². The summed E-state index contributed by atoms with van der Waals surface area (Å²) < 4.78 is 0. The zero-order chi connectivity index (χ0) is 13.2. The normalized spacial score (nSPS) is 26.8. The van der Waals surface area contributed by atoms with Gasteiger partial charge in [0.25, 0.3) is 0 Å². The number of nitrogens with zero attached hydrogens (tertiary/aromatic N) is 1. The molecule has 1 heterocycles. The van der Waals surface area contributed by atoms with Gasteiger partial charge in [0, 0.05) is 23.5 Å². The summed E-state index contributed by atoms with van der Waals surface area (Å²) in [4.78, 5) is 16.6. The van der Waals surface area contributed by atoms with Gasteiger partial charge in [-0.15, -0.1) is 11.3 Å². The van der Waals surface area contributed by atoms with Crippen molar-refractivity contribution in [1.29, 1.82) is 0 Å². The molecule has 0 aromatic carbocycles. The molecule has 3 atom stereocenters. The molecule has 1 amide bonds. The third-order valence-electron chi connectivity index (χ3n) is 3.85. The van der Waals surface area contributed by atoms with Crippen LogP contribution in [0.1, 0.15) is 44.5 Å². The standard InChI is InChI=1S/C13H21N3OS/c1-3-13(2,12-15-6-7-18-12)16-11(17)9-4-5-10(14)8-9/h6-7,9-10H,3-5,8,14H2,1-2H3,(H,16,17). The van der Waals surface area contributed by atoms with Crippen molar-refractivity contribution in [3.8, 4) is 0 Å². The second kappa shape index (κ2) is 5.36. The van der Waals surface area contributed by atoms with Crippen molar-refractivity contribution in [2.24, 2.45) is 11.7 Å². The lowest BCUT2D eigenvalue weighted by Crippen LogP contribution is -2.45. The fourth-order valence-electron chi connectivity index (χ4n) is 2.42. The first-order valence-corrected chi connectivity index (χ1v) is 7.40. The molecular formula is C13H21N3OS. The summed E-state index contributed by atoms with van der Waals surface area (Å²) in [5.41, 5.74) is 5.51. The van der Waals surface area contributed by atoms with Crippen LogP contribution in [0.4, 0.5) is 0 Å². The average Bonchev–Trinajstić information content (AvgIpc) is 2.99. The van der Waals surface area contributed by atoms with Crippen LogP contribution in [0, 0.1) is 5.92 Å². The minimum absolute atomic E-state index is 0.0748. The number of rotatable bonds is 4. The number of nitrogens with two attached hydrogens (primary N) is 1. The Kier molecular flexibility index (Phi) is 4.02. The van der Waals surface area contributed by atoms with E-state index in [1.165, 1.54) is 0 Å². The number of amides is 1. The number of carbonyl (C=O) groups is 1. The van der Waals surface area contributed by atoms with Gasteiger partial charge in [0.15, 0.2) is 0 Å². The van der Waals surface area contributed by atoms with Crippen LogP contribution in [0.5, 0.6) is 0 Å². The number of nitrogens with one attached hydrogen (secondary N) is 1.